The van der Waals surface area contributed by atoms with E-state index in [1.165, 1.54) is 19.1 Å². The number of hydrogen-bond acceptors (Lipinski definition) is 6. The van der Waals surface area contributed by atoms with Gasteiger partial charge in [-0.1, -0.05) is 44.2 Å². The molecule has 0 bridgehead atoms. The number of nitrogens with zero attached hydrogens (tertiary/aromatic N) is 1. The molecule has 7 nitrogen and oxygen atoms in total. The molecule has 1 aromatic carbocycles. The van der Waals surface area contributed by atoms with Gasteiger partial charge in [-0.05, 0) is 5.56 Å². The summed E-state index contributed by atoms with van der Waals surface area (Å²) in [5, 5.41) is 0. The van der Waals surface area contributed by atoms with E-state index in [2.05, 4.69) is 0 Å². The van der Waals surface area contributed by atoms with Crippen molar-refractivity contribution in [2.45, 2.75) is 13.8 Å². The summed E-state index contributed by atoms with van der Waals surface area (Å²) in [4.78, 5) is 39.6. The van der Waals surface area contributed by atoms with Gasteiger partial charge in [-0.25, -0.2) is 0 Å². The molecule has 144 valence electrons. The fourth-order valence-electron chi connectivity index (χ4n) is 3.56. The zero-order chi connectivity index (χ0) is 19.8. The Morgan fingerprint density at radius 2 is 1.74 bits per heavy atom. The number of hydrogen-bond donors (Lipinski definition) is 0. The number of esters is 2. The molecule has 2 aliphatic heterocycles. The average molecular weight is 373 g/mol. The van der Waals surface area contributed by atoms with Crippen LogP contribution in [0.5, 0.6) is 0 Å². The number of ether oxygens (including phenoxy) is 3. The minimum Gasteiger partial charge on any atom is -0.478 e. The first-order valence-electron chi connectivity index (χ1n) is 8.70. The zero-order valence-corrected chi connectivity index (χ0v) is 15.9. The normalized spacial score (nSPS) is 21.0. The summed E-state index contributed by atoms with van der Waals surface area (Å²) in [7, 11) is 2.36. The minimum atomic E-state index is -1.40. The van der Waals surface area contributed by atoms with Crippen LogP contribution < -0.4 is 0 Å². The Kier molecular flexibility index (Phi) is 4.95. The van der Waals surface area contributed by atoms with Crippen molar-refractivity contribution in [2.75, 3.05) is 27.4 Å². The number of benzene rings is 1. The number of methoxy groups -OCH3 is 2. The highest BCUT2D eigenvalue weighted by molar-refractivity contribution is 6.08. The number of amides is 1. The van der Waals surface area contributed by atoms with Crippen molar-refractivity contribution in [1.82, 2.24) is 4.90 Å². The van der Waals surface area contributed by atoms with Crippen molar-refractivity contribution in [3.8, 4) is 0 Å². The first-order valence-corrected chi connectivity index (χ1v) is 8.70. The molecule has 0 N–H and O–H groups in total. The summed E-state index contributed by atoms with van der Waals surface area (Å²) >= 11 is 0. The highest BCUT2D eigenvalue weighted by Crippen LogP contribution is 2.45. The van der Waals surface area contributed by atoms with E-state index in [1.54, 1.807) is 0 Å². The van der Waals surface area contributed by atoms with Crippen LogP contribution in [0.2, 0.25) is 0 Å². The van der Waals surface area contributed by atoms with Gasteiger partial charge in [0, 0.05) is 17.5 Å². The van der Waals surface area contributed by atoms with E-state index in [4.69, 9.17) is 14.2 Å². The average Bonchev–Trinajstić information content (AvgIpc) is 2.93. The molecular formula is C20H23NO6. The van der Waals surface area contributed by atoms with Crippen LogP contribution in [-0.2, 0) is 28.6 Å². The highest BCUT2D eigenvalue weighted by atomic mass is 16.5. The van der Waals surface area contributed by atoms with E-state index in [0.717, 1.165) is 0 Å². The third-order valence-electron chi connectivity index (χ3n) is 4.83. The van der Waals surface area contributed by atoms with Crippen molar-refractivity contribution in [1.29, 1.82) is 0 Å². The zero-order valence-electron chi connectivity index (χ0n) is 15.9. The molecule has 2 heterocycles. The lowest BCUT2D eigenvalue weighted by atomic mass is 9.83. The van der Waals surface area contributed by atoms with Crippen LogP contribution in [0.15, 0.2) is 36.2 Å². The van der Waals surface area contributed by atoms with E-state index < -0.39 is 23.8 Å². The second-order valence-corrected chi connectivity index (χ2v) is 7.46. The molecule has 1 fully saturated rings. The third-order valence-corrected chi connectivity index (χ3v) is 4.83. The van der Waals surface area contributed by atoms with Gasteiger partial charge in [0.05, 0.1) is 26.7 Å². The molecule has 2 aliphatic rings. The second kappa shape index (κ2) is 7.06. The first kappa shape index (κ1) is 18.9. The maximum Gasteiger partial charge on any atom is 0.321 e. The van der Waals surface area contributed by atoms with Gasteiger partial charge in [0.25, 0.3) is 0 Å². The van der Waals surface area contributed by atoms with Crippen molar-refractivity contribution in [3.63, 3.8) is 0 Å². The fraction of sp³-hybridized carbons (Fsp3) is 0.450. The number of carbonyl (C=O) groups is 3. The van der Waals surface area contributed by atoms with Crippen molar-refractivity contribution in [3.05, 3.63) is 41.8 Å². The van der Waals surface area contributed by atoms with Crippen molar-refractivity contribution < 1.29 is 28.6 Å². The van der Waals surface area contributed by atoms with E-state index >= 15 is 0 Å². The maximum atomic E-state index is 13.3. The topological polar surface area (TPSA) is 82.1 Å². The molecule has 0 saturated carbocycles. The summed E-state index contributed by atoms with van der Waals surface area (Å²) in [5.74, 6) is -4.05. The van der Waals surface area contributed by atoms with Gasteiger partial charge >= 0.3 is 11.9 Å². The van der Waals surface area contributed by atoms with Gasteiger partial charge in [-0.2, -0.15) is 0 Å². The number of fused-ring (bicyclic) bond motifs is 1. The molecule has 7 heteroatoms. The predicted octanol–water partition coefficient (Wildman–Crippen LogP) is 1.83. The Hall–Kier alpha value is -2.83. The van der Waals surface area contributed by atoms with Crippen LogP contribution in [0.1, 0.15) is 19.4 Å². The minimum absolute atomic E-state index is 0.248. The number of rotatable bonds is 4. The maximum absolute atomic E-state index is 13.3. The summed E-state index contributed by atoms with van der Waals surface area (Å²) in [6, 6.07) is 9.14. The van der Waals surface area contributed by atoms with E-state index in [9.17, 15) is 14.4 Å². The molecule has 1 saturated heterocycles. The molecular weight excluding hydrogens is 350 g/mol. The molecule has 1 atom stereocenters. The van der Waals surface area contributed by atoms with Crippen LogP contribution >= 0.6 is 0 Å². The predicted molar refractivity (Wildman–Crippen MR) is 95.8 cm³/mol. The van der Waals surface area contributed by atoms with Gasteiger partial charge in [0.2, 0.25) is 11.8 Å². The molecule has 27 heavy (non-hydrogen) atoms. The van der Waals surface area contributed by atoms with E-state index in [-0.39, 0.29) is 11.3 Å². The Balaban J connectivity index is 2.16. The number of carbonyl (C=O) groups excluding carboxylic acids is 3. The summed E-state index contributed by atoms with van der Waals surface area (Å²) < 4.78 is 15.5. The Morgan fingerprint density at radius 1 is 1.15 bits per heavy atom. The van der Waals surface area contributed by atoms with Crippen LogP contribution in [0.25, 0.3) is 5.57 Å². The van der Waals surface area contributed by atoms with Gasteiger partial charge in [0.1, 0.15) is 0 Å². The van der Waals surface area contributed by atoms with E-state index in [1.807, 2.05) is 44.2 Å². The first-order chi connectivity index (χ1) is 12.8. The van der Waals surface area contributed by atoms with Gasteiger partial charge in [0.15, 0.2) is 5.92 Å². The molecule has 0 spiro atoms. The quantitative estimate of drug-likeness (QED) is 0.592. The summed E-state index contributed by atoms with van der Waals surface area (Å²) in [6.07, 6.45) is 0. The van der Waals surface area contributed by atoms with Crippen molar-refractivity contribution in [2.24, 2.45) is 17.3 Å². The van der Waals surface area contributed by atoms with Crippen molar-refractivity contribution >= 4 is 23.4 Å². The second-order valence-electron chi connectivity index (χ2n) is 7.46. The third kappa shape index (κ3) is 3.29. The molecule has 1 unspecified atom stereocenters. The molecule has 3 rings (SSSR count). The smallest absolute Gasteiger partial charge is 0.321 e. The van der Waals surface area contributed by atoms with Gasteiger partial charge in [-0.3, -0.25) is 19.3 Å². The summed E-state index contributed by atoms with van der Waals surface area (Å²) in [6.45, 7) is 4.84. The Labute approximate surface area is 157 Å². The SMILES string of the molecule is COC(=O)C(C(=O)OC)C1C(=O)N2CC(C)(C)COC2=C1c1ccccc1. The van der Waals surface area contributed by atoms with Gasteiger partial charge < -0.3 is 14.2 Å². The van der Waals surface area contributed by atoms with Crippen LogP contribution in [0, 0.1) is 17.3 Å². The monoisotopic (exact) mass is 373 g/mol. The standard InChI is InChI=1S/C20H23NO6/c1-20(2)10-21-16(22)14(15(18(23)25-3)19(24)26-4)13(17(21)27-11-20)12-8-6-5-7-9-12/h5-9,14-15H,10-11H2,1-4H3. The summed E-state index contributed by atoms with van der Waals surface area (Å²) in [5.41, 5.74) is 0.977. The van der Waals surface area contributed by atoms with Crippen LogP contribution in [0.3, 0.4) is 0 Å². The molecule has 0 radical (unpaired) electrons. The molecule has 1 aromatic rings. The van der Waals surface area contributed by atoms with Crippen LogP contribution in [0.4, 0.5) is 0 Å². The van der Waals surface area contributed by atoms with E-state index in [0.29, 0.717) is 30.2 Å². The lowest BCUT2D eigenvalue weighted by Gasteiger charge is -2.37. The Bertz CT molecular complexity index is 782. The molecule has 1 amide bonds. The Morgan fingerprint density at radius 3 is 2.30 bits per heavy atom. The largest absolute Gasteiger partial charge is 0.478 e. The molecule has 0 aliphatic carbocycles. The lowest BCUT2D eigenvalue weighted by molar-refractivity contribution is -0.163. The highest BCUT2D eigenvalue weighted by Gasteiger charge is 2.54. The fourth-order valence-corrected chi connectivity index (χ4v) is 3.56. The molecule has 0 aromatic heterocycles. The van der Waals surface area contributed by atoms with Crippen LogP contribution in [-0.4, -0.2) is 50.1 Å². The van der Waals surface area contributed by atoms with Gasteiger partial charge in [-0.15, -0.1) is 0 Å². The lowest BCUT2D eigenvalue weighted by Crippen LogP contribution is -2.46.